The van der Waals surface area contributed by atoms with Crippen molar-refractivity contribution < 1.29 is 9.21 Å². The van der Waals surface area contributed by atoms with Crippen LogP contribution < -0.4 is 11.1 Å². The van der Waals surface area contributed by atoms with E-state index in [1.807, 2.05) is 24.4 Å². The normalized spacial score (nSPS) is 12.1. The summed E-state index contributed by atoms with van der Waals surface area (Å²) in [6.45, 7) is 3.93. The molecule has 1 N–H and O–H groups in total. The summed E-state index contributed by atoms with van der Waals surface area (Å²) in [7, 11) is 0. The molecule has 0 fully saturated rings. The van der Waals surface area contributed by atoms with Crippen LogP contribution in [0.15, 0.2) is 39.1 Å². The van der Waals surface area contributed by atoms with Crippen molar-refractivity contribution in [3.05, 3.63) is 51.8 Å². The molecular weight excluding hydrogens is 342 g/mol. The number of carbonyl (C=O) groups excluding carboxylic acids is 1. The summed E-state index contributed by atoms with van der Waals surface area (Å²) in [5.74, 6) is -0.605. The van der Waals surface area contributed by atoms with Crippen LogP contribution in [0.4, 0.5) is 0 Å². The van der Waals surface area contributed by atoms with Gasteiger partial charge in [0.1, 0.15) is 5.69 Å². The van der Waals surface area contributed by atoms with Crippen molar-refractivity contribution in [3.63, 3.8) is 0 Å². The van der Waals surface area contributed by atoms with Crippen LogP contribution in [0.25, 0.3) is 10.8 Å². The Morgan fingerprint density at radius 1 is 1.40 bits per heavy atom. The van der Waals surface area contributed by atoms with Crippen LogP contribution in [-0.2, 0) is 6.54 Å². The summed E-state index contributed by atoms with van der Waals surface area (Å²) in [5.41, 5.74) is 0.967. The van der Waals surface area contributed by atoms with E-state index >= 15 is 0 Å². The zero-order valence-electron chi connectivity index (χ0n) is 13.8. The summed E-state index contributed by atoms with van der Waals surface area (Å²) in [5, 5.41) is 8.92. The molecule has 0 saturated carbocycles. The van der Waals surface area contributed by atoms with Crippen molar-refractivity contribution in [1.82, 2.24) is 25.1 Å². The lowest BCUT2D eigenvalue weighted by Gasteiger charge is -2.15. The second kappa shape index (κ2) is 7.39. The van der Waals surface area contributed by atoms with E-state index in [4.69, 9.17) is 4.42 Å². The molecule has 25 heavy (non-hydrogen) atoms. The summed E-state index contributed by atoms with van der Waals surface area (Å²) in [6.07, 6.45) is 3.58. The molecule has 3 aromatic heterocycles. The Kier molecular flexibility index (Phi) is 5.03. The van der Waals surface area contributed by atoms with Crippen LogP contribution in [0, 0.1) is 6.92 Å². The lowest BCUT2D eigenvalue weighted by atomic mass is 10.2. The molecule has 0 aliphatic heterocycles. The van der Waals surface area contributed by atoms with Crippen molar-refractivity contribution in [3.8, 4) is 10.8 Å². The van der Waals surface area contributed by atoms with E-state index in [9.17, 15) is 9.59 Å². The molecule has 0 radical (unpaired) electrons. The molecule has 0 unspecified atom stereocenters. The second-order valence-electron chi connectivity index (χ2n) is 5.45. The molecule has 9 heteroatoms. The average molecular weight is 359 g/mol. The zero-order chi connectivity index (χ0) is 17.8. The third-order valence-corrected chi connectivity index (χ3v) is 4.43. The number of hydrogen-bond donors (Lipinski definition) is 1. The number of hydrogen-bond acceptors (Lipinski definition) is 7. The number of nitrogens with one attached hydrogen (secondary N) is 1. The molecule has 0 spiro atoms. The number of rotatable bonds is 6. The fourth-order valence-electron chi connectivity index (χ4n) is 2.18. The molecule has 0 aliphatic carbocycles. The Morgan fingerprint density at radius 3 is 2.88 bits per heavy atom. The minimum atomic E-state index is -0.550. The van der Waals surface area contributed by atoms with Gasteiger partial charge in [-0.2, -0.15) is 4.68 Å². The highest BCUT2D eigenvalue weighted by Gasteiger charge is 2.18. The fourth-order valence-corrected chi connectivity index (χ4v) is 2.82. The maximum atomic E-state index is 12.2. The monoisotopic (exact) mass is 359 g/mol. The Morgan fingerprint density at radius 2 is 2.24 bits per heavy atom. The topological polar surface area (TPSA) is 103 Å². The molecule has 3 rings (SSSR count). The van der Waals surface area contributed by atoms with Gasteiger partial charge >= 0.3 is 5.76 Å². The third-order valence-electron chi connectivity index (χ3n) is 3.57. The van der Waals surface area contributed by atoms with Gasteiger partial charge < -0.3 is 9.73 Å². The highest BCUT2D eigenvalue weighted by atomic mass is 32.1. The number of aromatic nitrogens is 4. The van der Waals surface area contributed by atoms with E-state index in [1.54, 1.807) is 6.92 Å². The molecule has 0 aliphatic rings. The lowest BCUT2D eigenvalue weighted by molar-refractivity contribution is 0.0925. The van der Waals surface area contributed by atoms with E-state index in [1.165, 1.54) is 28.4 Å². The van der Waals surface area contributed by atoms with Crippen molar-refractivity contribution in [2.24, 2.45) is 0 Å². The van der Waals surface area contributed by atoms with Crippen molar-refractivity contribution in [2.45, 2.75) is 32.9 Å². The Bertz CT molecular complexity index is 899. The van der Waals surface area contributed by atoms with Crippen LogP contribution in [0.5, 0.6) is 0 Å². The van der Waals surface area contributed by atoms with Gasteiger partial charge in [0.25, 0.3) is 11.8 Å². The molecule has 3 heterocycles. The standard InChI is InChI=1S/C16H17N5O3S/c1-3-11(19-14(22)12-8-17-10(2)7-18-12)9-21-16(23)24-15(20-21)13-5-4-6-25-13/h4-8,11H,3,9H2,1-2H3,(H,19,22)/t11-/m0/s1. The van der Waals surface area contributed by atoms with Gasteiger partial charge in [0.2, 0.25) is 0 Å². The van der Waals surface area contributed by atoms with Gasteiger partial charge in [0.15, 0.2) is 0 Å². The van der Waals surface area contributed by atoms with Gasteiger partial charge in [-0.3, -0.25) is 9.78 Å². The molecule has 130 valence electrons. The highest BCUT2D eigenvalue weighted by molar-refractivity contribution is 7.13. The Balaban J connectivity index is 1.71. The van der Waals surface area contributed by atoms with Crippen molar-refractivity contribution >= 4 is 17.2 Å². The smallest absolute Gasteiger partial charge is 0.387 e. The van der Waals surface area contributed by atoms with E-state index in [2.05, 4.69) is 20.4 Å². The molecule has 8 nitrogen and oxygen atoms in total. The van der Waals surface area contributed by atoms with Crippen molar-refractivity contribution in [2.75, 3.05) is 0 Å². The van der Waals surface area contributed by atoms with E-state index in [0.717, 1.165) is 10.6 Å². The zero-order valence-corrected chi connectivity index (χ0v) is 14.6. The first kappa shape index (κ1) is 17.0. The van der Waals surface area contributed by atoms with Gasteiger partial charge in [-0.1, -0.05) is 13.0 Å². The minimum absolute atomic E-state index is 0.217. The maximum Gasteiger partial charge on any atom is 0.437 e. The number of carbonyl (C=O) groups is 1. The van der Waals surface area contributed by atoms with Gasteiger partial charge in [0, 0.05) is 12.2 Å². The Hall–Kier alpha value is -2.81. The number of thiophene rings is 1. The second-order valence-corrected chi connectivity index (χ2v) is 6.40. The molecular formula is C16H17N5O3S. The first-order chi connectivity index (χ1) is 12.1. The highest BCUT2D eigenvalue weighted by Crippen LogP contribution is 2.21. The maximum absolute atomic E-state index is 12.2. The van der Waals surface area contributed by atoms with Crippen molar-refractivity contribution in [1.29, 1.82) is 0 Å². The third kappa shape index (κ3) is 4.00. The van der Waals surface area contributed by atoms with E-state index < -0.39 is 5.76 Å². The molecule has 1 atom stereocenters. The molecule has 0 saturated heterocycles. The van der Waals surface area contributed by atoms with Crippen LogP contribution in [0.1, 0.15) is 29.5 Å². The predicted octanol–water partition coefficient (Wildman–Crippen LogP) is 1.87. The number of nitrogens with zero attached hydrogens (tertiary/aromatic N) is 4. The van der Waals surface area contributed by atoms with E-state index in [-0.39, 0.29) is 30.1 Å². The fraction of sp³-hybridized carbons (Fsp3) is 0.312. The number of amides is 1. The summed E-state index contributed by atoms with van der Waals surface area (Å²) < 4.78 is 6.41. The summed E-state index contributed by atoms with van der Waals surface area (Å²) in [4.78, 5) is 33.1. The van der Waals surface area contributed by atoms with Gasteiger partial charge in [-0.05, 0) is 24.8 Å². The van der Waals surface area contributed by atoms with Crippen LogP contribution in [0.2, 0.25) is 0 Å². The molecule has 0 aromatic carbocycles. The average Bonchev–Trinajstić information content (AvgIpc) is 3.25. The summed E-state index contributed by atoms with van der Waals surface area (Å²) >= 11 is 1.44. The van der Waals surface area contributed by atoms with Gasteiger partial charge in [0.05, 0.1) is 23.3 Å². The van der Waals surface area contributed by atoms with Crippen LogP contribution in [-0.4, -0.2) is 31.7 Å². The summed E-state index contributed by atoms with van der Waals surface area (Å²) in [6, 6.07) is 3.40. The SMILES string of the molecule is CC[C@@H](Cn1nc(-c2cccs2)oc1=O)NC(=O)c1cnc(C)cn1. The van der Waals surface area contributed by atoms with Gasteiger partial charge in [-0.15, -0.1) is 16.4 Å². The largest absolute Gasteiger partial charge is 0.437 e. The molecule has 1 amide bonds. The number of aryl methyl sites for hydroxylation is 1. The molecule has 3 aromatic rings. The first-order valence-electron chi connectivity index (χ1n) is 7.78. The molecule has 0 bridgehead atoms. The Labute approximate surface area is 147 Å². The van der Waals surface area contributed by atoms with Crippen LogP contribution in [0.3, 0.4) is 0 Å². The minimum Gasteiger partial charge on any atom is -0.387 e. The first-order valence-corrected chi connectivity index (χ1v) is 8.66. The van der Waals surface area contributed by atoms with E-state index in [0.29, 0.717) is 6.42 Å². The van der Waals surface area contributed by atoms with Gasteiger partial charge in [-0.25, -0.2) is 9.78 Å². The lowest BCUT2D eigenvalue weighted by Crippen LogP contribution is -2.39. The quantitative estimate of drug-likeness (QED) is 0.721. The van der Waals surface area contributed by atoms with Crippen LogP contribution >= 0.6 is 11.3 Å². The predicted molar refractivity (Wildman–Crippen MR) is 92.4 cm³/mol.